The minimum absolute atomic E-state index is 0.496. The zero-order chi connectivity index (χ0) is 11.5. The van der Waals surface area contributed by atoms with E-state index in [1.807, 2.05) is 6.20 Å². The fourth-order valence-corrected chi connectivity index (χ4v) is 2.88. The number of aromatic nitrogens is 2. The van der Waals surface area contributed by atoms with E-state index in [1.165, 1.54) is 31.5 Å². The number of hydrogen-bond acceptors (Lipinski definition) is 2. The Labute approximate surface area is 98.1 Å². The van der Waals surface area contributed by atoms with Gasteiger partial charge in [-0.2, -0.15) is 0 Å². The van der Waals surface area contributed by atoms with E-state index in [0.717, 1.165) is 6.54 Å². The molecule has 90 valence electrons. The quantitative estimate of drug-likeness (QED) is 0.853. The van der Waals surface area contributed by atoms with Gasteiger partial charge in [-0.25, -0.2) is 4.98 Å². The fraction of sp³-hybridized carbons (Fsp3) is 0.769. The molecular formula is C13H23N3. The van der Waals surface area contributed by atoms with Crippen LogP contribution in [0.5, 0.6) is 0 Å². The predicted molar refractivity (Wildman–Crippen MR) is 66.4 cm³/mol. The zero-order valence-electron chi connectivity index (χ0n) is 10.4. The van der Waals surface area contributed by atoms with E-state index < -0.39 is 0 Å². The topological polar surface area (TPSA) is 43.8 Å². The SMILES string of the molecule is CC(C)c1nccn1C1CCCCC1CN. The molecule has 0 aromatic carbocycles. The van der Waals surface area contributed by atoms with Crippen molar-refractivity contribution in [3.8, 4) is 0 Å². The average molecular weight is 221 g/mol. The molecule has 2 rings (SSSR count). The maximum Gasteiger partial charge on any atom is 0.111 e. The summed E-state index contributed by atoms with van der Waals surface area (Å²) >= 11 is 0. The van der Waals surface area contributed by atoms with Crippen molar-refractivity contribution in [3.63, 3.8) is 0 Å². The summed E-state index contributed by atoms with van der Waals surface area (Å²) in [5.74, 6) is 2.35. The van der Waals surface area contributed by atoms with Crippen LogP contribution in [0.25, 0.3) is 0 Å². The summed E-state index contributed by atoms with van der Waals surface area (Å²) in [5.41, 5.74) is 5.89. The van der Waals surface area contributed by atoms with Crippen molar-refractivity contribution in [2.75, 3.05) is 6.54 Å². The first-order valence-electron chi connectivity index (χ1n) is 6.46. The standard InChI is InChI=1S/C13H23N3/c1-10(2)13-15-7-8-16(13)12-6-4-3-5-11(12)9-14/h7-8,10-12H,3-6,9,14H2,1-2H3. The van der Waals surface area contributed by atoms with Crippen LogP contribution < -0.4 is 5.73 Å². The lowest BCUT2D eigenvalue weighted by Gasteiger charge is -2.33. The summed E-state index contributed by atoms with van der Waals surface area (Å²) < 4.78 is 2.38. The van der Waals surface area contributed by atoms with Crippen LogP contribution in [0.15, 0.2) is 12.4 Å². The van der Waals surface area contributed by atoms with Crippen LogP contribution in [0, 0.1) is 5.92 Å². The molecule has 1 aliphatic carbocycles. The van der Waals surface area contributed by atoms with Crippen molar-refractivity contribution >= 4 is 0 Å². The molecule has 3 heteroatoms. The predicted octanol–water partition coefficient (Wildman–Crippen LogP) is 2.70. The maximum absolute atomic E-state index is 5.89. The maximum atomic E-state index is 5.89. The van der Waals surface area contributed by atoms with Crippen molar-refractivity contribution < 1.29 is 0 Å². The van der Waals surface area contributed by atoms with Crippen LogP contribution >= 0.6 is 0 Å². The smallest absolute Gasteiger partial charge is 0.111 e. The highest BCUT2D eigenvalue weighted by Gasteiger charge is 2.27. The van der Waals surface area contributed by atoms with E-state index in [0.29, 0.717) is 17.9 Å². The van der Waals surface area contributed by atoms with Crippen LogP contribution in [0.2, 0.25) is 0 Å². The highest BCUT2D eigenvalue weighted by Crippen LogP contribution is 2.34. The lowest BCUT2D eigenvalue weighted by atomic mass is 9.84. The number of imidazole rings is 1. The van der Waals surface area contributed by atoms with Gasteiger partial charge in [0.1, 0.15) is 5.82 Å². The third-order valence-electron chi connectivity index (χ3n) is 3.74. The molecule has 2 unspecified atom stereocenters. The van der Waals surface area contributed by atoms with Gasteiger partial charge in [-0.15, -0.1) is 0 Å². The molecule has 0 radical (unpaired) electrons. The van der Waals surface area contributed by atoms with Crippen molar-refractivity contribution in [3.05, 3.63) is 18.2 Å². The first kappa shape index (κ1) is 11.6. The molecule has 1 fully saturated rings. The highest BCUT2D eigenvalue weighted by atomic mass is 15.1. The molecule has 1 aliphatic rings. The van der Waals surface area contributed by atoms with Crippen LogP contribution in [-0.2, 0) is 0 Å². The molecule has 0 amide bonds. The number of nitrogens with two attached hydrogens (primary N) is 1. The van der Waals surface area contributed by atoms with Crippen molar-refractivity contribution in [2.24, 2.45) is 11.7 Å². The first-order valence-corrected chi connectivity index (χ1v) is 6.46. The monoisotopic (exact) mass is 221 g/mol. The molecular weight excluding hydrogens is 198 g/mol. The number of hydrogen-bond donors (Lipinski definition) is 1. The van der Waals surface area contributed by atoms with Gasteiger partial charge < -0.3 is 10.3 Å². The minimum atomic E-state index is 0.496. The molecule has 1 heterocycles. The Balaban J connectivity index is 2.23. The summed E-state index contributed by atoms with van der Waals surface area (Å²) in [6.07, 6.45) is 9.27. The Morgan fingerprint density at radius 1 is 1.44 bits per heavy atom. The van der Waals surface area contributed by atoms with Crippen molar-refractivity contribution in [2.45, 2.75) is 51.5 Å². The molecule has 1 saturated carbocycles. The van der Waals surface area contributed by atoms with E-state index in [-0.39, 0.29) is 0 Å². The Hall–Kier alpha value is -0.830. The van der Waals surface area contributed by atoms with Gasteiger partial charge in [-0.05, 0) is 25.3 Å². The van der Waals surface area contributed by atoms with Crippen molar-refractivity contribution in [1.82, 2.24) is 9.55 Å². The summed E-state index contributed by atoms with van der Waals surface area (Å²) in [7, 11) is 0. The van der Waals surface area contributed by atoms with Crippen LogP contribution in [0.4, 0.5) is 0 Å². The second-order valence-electron chi connectivity index (χ2n) is 5.19. The zero-order valence-corrected chi connectivity index (χ0v) is 10.4. The van der Waals surface area contributed by atoms with Gasteiger partial charge in [0.15, 0.2) is 0 Å². The Bertz CT molecular complexity index is 330. The lowest BCUT2D eigenvalue weighted by Crippen LogP contribution is -2.30. The molecule has 2 atom stereocenters. The average Bonchev–Trinajstić information content (AvgIpc) is 2.77. The molecule has 0 bridgehead atoms. The summed E-state index contributed by atoms with van der Waals surface area (Å²) in [6, 6.07) is 0.582. The molecule has 2 N–H and O–H groups in total. The second kappa shape index (κ2) is 5.00. The van der Waals surface area contributed by atoms with Crippen LogP contribution in [-0.4, -0.2) is 16.1 Å². The summed E-state index contributed by atoms with van der Waals surface area (Å²) in [4.78, 5) is 4.48. The van der Waals surface area contributed by atoms with Gasteiger partial charge in [0.2, 0.25) is 0 Å². The van der Waals surface area contributed by atoms with Crippen molar-refractivity contribution in [1.29, 1.82) is 0 Å². The van der Waals surface area contributed by atoms with Gasteiger partial charge in [0.25, 0.3) is 0 Å². The molecule has 1 aromatic rings. The largest absolute Gasteiger partial charge is 0.331 e. The summed E-state index contributed by atoms with van der Waals surface area (Å²) in [5, 5.41) is 0. The molecule has 0 aliphatic heterocycles. The Kier molecular flexibility index (Phi) is 3.64. The van der Waals surface area contributed by atoms with Gasteiger partial charge in [0, 0.05) is 24.4 Å². The molecule has 16 heavy (non-hydrogen) atoms. The Morgan fingerprint density at radius 2 is 2.19 bits per heavy atom. The molecule has 0 spiro atoms. The van der Waals surface area contributed by atoms with Gasteiger partial charge >= 0.3 is 0 Å². The fourth-order valence-electron chi connectivity index (χ4n) is 2.88. The Morgan fingerprint density at radius 3 is 2.88 bits per heavy atom. The van der Waals surface area contributed by atoms with E-state index in [9.17, 15) is 0 Å². The highest BCUT2D eigenvalue weighted by molar-refractivity contribution is 5.01. The lowest BCUT2D eigenvalue weighted by molar-refractivity contribution is 0.239. The molecule has 3 nitrogen and oxygen atoms in total. The number of nitrogens with zero attached hydrogens (tertiary/aromatic N) is 2. The summed E-state index contributed by atoms with van der Waals surface area (Å²) in [6.45, 7) is 5.22. The normalized spacial score (nSPS) is 26.2. The van der Waals surface area contributed by atoms with Gasteiger partial charge in [0.05, 0.1) is 0 Å². The first-order chi connectivity index (χ1) is 7.74. The molecule has 1 aromatic heterocycles. The van der Waals surface area contributed by atoms with E-state index in [1.54, 1.807) is 0 Å². The number of rotatable bonds is 3. The van der Waals surface area contributed by atoms with Gasteiger partial charge in [-0.3, -0.25) is 0 Å². The molecule has 0 saturated heterocycles. The third-order valence-corrected chi connectivity index (χ3v) is 3.74. The van der Waals surface area contributed by atoms with Crippen LogP contribution in [0.1, 0.15) is 57.3 Å². The van der Waals surface area contributed by atoms with E-state index in [4.69, 9.17) is 5.73 Å². The van der Waals surface area contributed by atoms with E-state index in [2.05, 4.69) is 29.6 Å². The second-order valence-corrected chi connectivity index (χ2v) is 5.19. The third kappa shape index (κ3) is 2.14. The van der Waals surface area contributed by atoms with E-state index >= 15 is 0 Å². The minimum Gasteiger partial charge on any atom is -0.331 e. The van der Waals surface area contributed by atoms with Gasteiger partial charge in [-0.1, -0.05) is 26.7 Å². The van der Waals surface area contributed by atoms with Crippen LogP contribution in [0.3, 0.4) is 0 Å².